The van der Waals surface area contributed by atoms with Crippen molar-refractivity contribution in [2.75, 3.05) is 40.0 Å². The van der Waals surface area contributed by atoms with E-state index in [0.29, 0.717) is 12.6 Å². The van der Waals surface area contributed by atoms with Crippen LogP contribution in [0.5, 0.6) is 0 Å². The molecule has 2 atom stereocenters. The number of hydrogen-bond acceptors (Lipinski definition) is 4. The third-order valence-corrected chi connectivity index (χ3v) is 3.29. The van der Waals surface area contributed by atoms with Gasteiger partial charge >= 0.3 is 0 Å². The van der Waals surface area contributed by atoms with Gasteiger partial charge in [-0.2, -0.15) is 0 Å². The molecule has 0 aromatic heterocycles. The summed E-state index contributed by atoms with van der Waals surface area (Å²) in [5, 5.41) is 0. The molecule has 0 aromatic carbocycles. The maximum absolute atomic E-state index is 5.89. The Hall–Kier alpha value is -0.160. The number of hydrogen-bond donors (Lipinski definition) is 1. The van der Waals surface area contributed by atoms with E-state index in [0.717, 1.165) is 32.7 Å². The molecule has 0 spiro atoms. The van der Waals surface area contributed by atoms with Crippen molar-refractivity contribution in [2.45, 2.75) is 31.9 Å². The van der Waals surface area contributed by atoms with E-state index in [9.17, 15) is 0 Å². The van der Waals surface area contributed by atoms with Crippen molar-refractivity contribution in [3.8, 4) is 0 Å². The van der Waals surface area contributed by atoms with Gasteiger partial charge in [0, 0.05) is 38.9 Å². The lowest BCUT2D eigenvalue weighted by Crippen LogP contribution is -2.57. The van der Waals surface area contributed by atoms with Crippen LogP contribution in [-0.4, -0.2) is 56.5 Å². The molecule has 90 valence electrons. The molecule has 4 heteroatoms. The van der Waals surface area contributed by atoms with Crippen LogP contribution in [0.15, 0.2) is 0 Å². The van der Waals surface area contributed by atoms with E-state index in [1.165, 1.54) is 0 Å². The van der Waals surface area contributed by atoms with E-state index in [4.69, 9.17) is 15.2 Å². The molecule has 2 N–H and O–H groups in total. The minimum Gasteiger partial charge on any atom is -0.385 e. The zero-order valence-electron chi connectivity index (χ0n) is 10.2. The standard InChI is InChI=1S/C11H24N2O2/c1-10-8-13(5-7-15-10)11(2,9-12)4-6-14-3/h10H,4-9,12H2,1-3H3. The fraction of sp³-hybridized carbons (Fsp3) is 1.00. The topological polar surface area (TPSA) is 47.7 Å². The van der Waals surface area contributed by atoms with Crippen molar-refractivity contribution in [1.82, 2.24) is 4.90 Å². The van der Waals surface area contributed by atoms with E-state index in [1.807, 2.05) is 0 Å². The van der Waals surface area contributed by atoms with E-state index in [-0.39, 0.29) is 5.54 Å². The van der Waals surface area contributed by atoms with Crippen molar-refractivity contribution >= 4 is 0 Å². The number of nitrogens with two attached hydrogens (primary N) is 1. The molecule has 0 saturated carbocycles. The van der Waals surface area contributed by atoms with Crippen LogP contribution in [0.1, 0.15) is 20.3 Å². The summed E-state index contributed by atoms with van der Waals surface area (Å²) in [6.07, 6.45) is 1.29. The number of methoxy groups -OCH3 is 1. The first-order valence-corrected chi connectivity index (χ1v) is 5.68. The van der Waals surface area contributed by atoms with E-state index < -0.39 is 0 Å². The summed E-state index contributed by atoms with van der Waals surface area (Å²) >= 11 is 0. The zero-order valence-corrected chi connectivity index (χ0v) is 10.2. The molecule has 1 aliphatic rings. The molecular formula is C11H24N2O2. The summed E-state index contributed by atoms with van der Waals surface area (Å²) < 4.78 is 10.7. The van der Waals surface area contributed by atoms with Crippen LogP contribution in [0.25, 0.3) is 0 Å². The third-order valence-electron chi connectivity index (χ3n) is 3.29. The minimum atomic E-state index is 0.0497. The van der Waals surface area contributed by atoms with Gasteiger partial charge in [0.15, 0.2) is 0 Å². The molecule has 2 unspecified atom stereocenters. The smallest absolute Gasteiger partial charge is 0.0674 e. The Balaban J connectivity index is 2.54. The highest BCUT2D eigenvalue weighted by atomic mass is 16.5. The van der Waals surface area contributed by atoms with Crippen LogP contribution < -0.4 is 5.73 Å². The van der Waals surface area contributed by atoms with Crippen LogP contribution >= 0.6 is 0 Å². The molecule has 0 bridgehead atoms. The fourth-order valence-corrected chi connectivity index (χ4v) is 2.02. The molecule has 0 aromatic rings. The molecule has 0 radical (unpaired) electrons. The van der Waals surface area contributed by atoms with Crippen LogP contribution in [0.3, 0.4) is 0 Å². The average Bonchev–Trinajstić information content (AvgIpc) is 2.26. The summed E-state index contributed by atoms with van der Waals surface area (Å²) in [6.45, 7) is 8.51. The van der Waals surface area contributed by atoms with Crippen molar-refractivity contribution in [2.24, 2.45) is 5.73 Å². The monoisotopic (exact) mass is 216 g/mol. The van der Waals surface area contributed by atoms with E-state index in [2.05, 4.69) is 18.7 Å². The molecule has 1 aliphatic heterocycles. The Kier molecular flexibility index (Phi) is 4.99. The van der Waals surface area contributed by atoms with Gasteiger partial charge in [0.05, 0.1) is 12.7 Å². The van der Waals surface area contributed by atoms with Crippen LogP contribution in [0, 0.1) is 0 Å². The lowest BCUT2D eigenvalue weighted by Gasteiger charge is -2.44. The summed E-state index contributed by atoms with van der Waals surface area (Å²) in [4.78, 5) is 2.43. The highest BCUT2D eigenvalue weighted by Gasteiger charge is 2.33. The Labute approximate surface area is 92.7 Å². The Morgan fingerprint density at radius 3 is 2.87 bits per heavy atom. The average molecular weight is 216 g/mol. The van der Waals surface area contributed by atoms with Crippen molar-refractivity contribution in [3.05, 3.63) is 0 Å². The van der Waals surface area contributed by atoms with Gasteiger partial charge in [-0.25, -0.2) is 0 Å². The third kappa shape index (κ3) is 3.41. The first-order chi connectivity index (χ1) is 7.12. The maximum atomic E-state index is 5.89. The number of ether oxygens (including phenoxy) is 2. The molecule has 0 aliphatic carbocycles. The van der Waals surface area contributed by atoms with Gasteiger partial charge in [0.2, 0.25) is 0 Å². The number of rotatable bonds is 5. The van der Waals surface area contributed by atoms with Crippen LogP contribution in [0.4, 0.5) is 0 Å². The second kappa shape index (κ2) is 5.80. The lowest BCUT2D eigenvalue weighted by atomic mass is 9.95. The minimum absolute atomic E-state index is 0.0497. The first-order valence-electron chi connectivity index (χ1n) is 5.68. The Bertz CT molecular complexity index is 189. The maximum Gasteiger partial charge on any atom is 0.0674 e. The normalized spacial score (nSPS) is 27.6. The van der Waals surface area contributed by atoms with E-state index in [1.54, 1.807) is 7.11 Å². The van der Waals surface area contributed by atoms with Gasteiger partial charge in [0.1, 0.15) is 0 Å². The summed E-state index contributed by atoms with van der Waals surface area (Å²) in [7, 11) is 1.73. The van der Waals surface area contributed by atoms with Gasteiger partial charge in [-0.05, 0) is 20.3 Å². The van der Waals surface area contributed by atoms with Crippen molar-refractivity contribution in [3.63, 3.8) is 0 Å². The molecule has 0 amide bonds. The predicted octanol–water partition coefficient (Wildman–Crippen LogP) is 0.461. The summed E-state index contributed by atoms with van der Waals surface area (Å²) in [6, 6.07) is 0. The first kappa shape index (κ1) is 12.9. The highest BCUT2D eigenvalue weighted by Crippen LogP contribution is 2.21. The SMILES string of the molecule is COCCC(C)(CN)N1CCOC(C)C1. The predicted molar refractivity (Wildman–Crippen MR) is 60.9 cm³/mol. The van der Waals surface area contributed by atoms with Gasteiger partial charge in [-0.1, -0.05) is 0 Å². The quantitative estimate of drug-likeness (QED) is 0.725. The summed E-state index contributed by atoms with van der Waals surface area (Å²) in [5.74, 6) is 0. The molecule has 1 rings (SSSR count). The fourth-order valence-electron chi connectivity index (χ4n) is 2.02. The molecule has 1 heterocycles. The zero-order chi connectivity index (χ0) is 11.3. The van der Waals surface area contributed by atoms with Gasteiger partial charge in [-0.3, -0.25) is 4.90 Å². The summed E-state index contributed by atoms with van der Waals surface area (Å²) in [5.41, 5.74) is 5.94. The molecular weight excluding hydrogens is 192 g/mol. The Morgan fingerprint density at radius 2 is 2.33 bits per heavy atom. The lowest BCUT2D eigenvalue weighted by molar-refractivity contribution is -0.0621. The largest absolute Gasteiger partial charge is 0.385 e. The molecule has 1 saturated heterocycles. The van der Waals surface area contributed by atoms with Crippen LogP contribution in [0.2, 0.25) is 0 Å². The second-order valence-electron chi connectivity index (χ2n) is 4.57. The highest BCUT2D eigenvalue weighted by molar-refractivity contribution is 4.89. The molecule has 15 heavy (non-hydrogen) atoms. The Morgan fingerprint density at radius 1 is 1.60 bits per heavy atom. The van der Waals surface area contributed by atoms with Crippen LogP contribution in [-0.2, 0) is 9.47 Å². The second-order valence-corrected chi connectivity index (χ2v) is 4.57. The molecule has 4 nitrogen and oxygen atoms in total. The van der Waals surface area contributed by atoms with Crippen molar-refractivity contribution in [1.29, 1.82) is 0 Å². The van der Waals surface area contributed by atoms with Gasteiger partial charge in [-0.15, -0.1) is 0 Å². The van der Waals surface area contributed by atoms with Crippen molar-refractivity contribution < 1.29 is 9.47 Å². The van der Waals surface area contributed by atoms with E-state index >= 15 is 0 Å². The number of morpholine rings is 1. The molecule has 1 fully saturated rings. The van der Waals surface area contributed by atoms with Gasteiger partial charge < -0.3 is 15.2 Å². The number of nitrogens with zero attached hydrogens (tertiary/aromatic N) is 1. The van der Waals surface area contributed by atoms with Gasteiger partial charge in [0.25, 0.3) is 0 Å².